The number of para-hydroxylation sites is 1. The lowest BCUT2D eigenvalue weighted by molar-refractivity contribution is 0.402. The maximum atomic E-state index is 11.1. The third kappa shape index (κ3) is 3.26. The lowest BCUT2D eigenvalue weighted by Gasteiger charge is -2.26. The van der Waals surface area contributed by atoms with E-state index >= 15 is 0 Å². The van der Waals surface area contributed by atoms with Crippen molar-refractivity contribution in [2.75, 3.05) is 0 Å². The predicted octanol–water partition coefficient (Wildman–Crippen LogP) is 6.43. The van der Waals surface area contributed by atoms with E-state index in [1.807, 2.05) is 96.5 Å². The van der Waals surface area contributed by atoms with Crippen molar-refractivity contribution in [1.29, 1.82) is 0 Å². The summed E-state index contributed by atoms with van der Waals surface area (Å²) in [6, 6.07) is 31.7. The van der Waals surface area contributed by atoms with Gasteiger partial charge in [0.15, 0.2) is 11.5 Å². The fraction of sp³-hybridized carbons (Fsp3) is 0.0625. The summed E-state index contributed by atoms with van der Waals surface area (Å²) in [6.07, 6.45) is 1.60. The number of fused-ring (bicyclic) bond motifs is 5. The molecule has 0 unspecified atom stereocenters. The first-order chi connectivity index (χ1) is 19.7. The maximum absolute atomic E-state index is 11.1. The van der Waals surface area contributed by atoms with Gasteiger partial charge in [0.1, 0.15) is 12.1 Å². The van der Waals surface area contributed by atoms with Gasteiger partial charge in [0.05, 0.1) is 34.0 Å². The first-order valence-corrected chi connectivity index (χ1v) is 13.0. The van der Waals surface area contributed by atoms with Crippen molar-refractivity contribution in [2.24, 2.45) is 0 Å². The molecule has 7 aromatic rings. The Morgan fingerprint density at radius 1 is 0.800 bits per heavy atom. The van der Waals surface area contributed by atoms with Crippen LogP contribution in [0.4, 0.5) is 0 Å². The van der Waals surface area contributed by atoms with E-state index in [2.05, 4.69) is 17.1 Å². The number of rotatable bonds is 3. The number of aromatic nitrogens is 6. The fourth-order valence-corrected chi connectivity index (χ4v) is 5.65. The Balaban J connectivity index is 1.37. The number of benzene rings is 4. The summed E-state index contributed by atoms with van der Waals surface area (Å²) in [7, 11) is 0. The number of phenols is 1. The van der Waals surface area contributed by atoms with E-state index in [1.54, 1.807) is 10.8 Å². The SMILES string of the molecule is Cc1nn(-c2ccccc2)c2c1[C@@H](c1ccccc1)c1c(ncn3nc(-c4ccc5ccccc5c4O)nc13)O2. The van der Waals surface area contributed by atoms with Crippen LogP contribution in [0.25, 0.3) is 33.5 Å². The molecule has 8 nitrogen and oxygen atoms in total. The minimum absolute atomic E-state index is 0.147. The summed E-state index contributed by atoms with van der Waals surface area (Å²) < 4.78 is 9.99. The summed E-state index contributed by atoms with van der Waals surface area (Å²) in [5.41, 5.74) is 5.74. The molecule has 0 spiro atoms. The smallest absolute Gasteiger partial charge is 0.230 e. The second-order valence-corrected chi connectivity index (χ2v) is 9.85. The van der Waals surface area contributed by atoms with Gasteiger partial charge in [-0.25, -0.2) is 19.2 Å². The number of hydrogen-bond donors (Lipinski definition) is 1. The molecule has 1 aliphatic rings. The topological polar surface area (TPSA) is 90.4 Å². The van der Waals surface area contributed by atoms with Gasteiger partial charge in [0.25, 0.3) is 0 Å². The van der Waals surface area contributed by atoms with E-state index in [1.165, 1.54) is 0 Å². The minimum Gasteiger partial charge on any atom is -0.507 e. The maximum Gasteiger partial charge on any atom is 0.230 e. The lowest BCUT2D eigenvalue weighted by Crippen LogP contribution is -2.16. The Kier molecular flexibility index (Phi) is 4.78. The number of hydrogen-bond acceptors (Lipinski definition) is 6. The van der Waals surface area contributed by atoms with Gasteiger partial charge >= 0.3 is 0 Å². The highest BCUT2D eigenvalue weighted by Crippen LogP contribution is 2.50. The normalized spacial score (nSPS) is 14.2. The van der Waals surface area contributed by atoms with Crippen LogP contribution in [0.1, 0.15) is 28.3 Å². The molecular weight excluding hydrogens is 500 g/mol. The van der Waals surface area contributed by atoms with E-state index in [9.17, 15) is 5.11 Å². The molecule has 4 heterocycles. The van der Waals surface area contributed by atoms with Gasteiger partial charge in [-0.2, -0.15) is 5.10 Å². The summed E-state index contributed by atoms with van der Waals surface area (Å²) >= 11 is 0. The first-order valence-electron chi connectivity index (χ1n) is 13.0. The molecular formula is C32H22N6O2. The molecule has 192 valence electrons. The molecule has 1 aliphatic heterocycles. The summed E-state index contributed by atoms with van der Waals surface area (Å²) in [5, 5.41) is 22.4. The second-order valence-electron chi connectivity index (χ2n) is 9.85. The Morgan fingerprint density at radius 2 is 1.55 bits per heavy atom. The van der Waals surface area contributed by atoms with Gasteiger partial charge in [0.2, 0.25) is 11.8 Å². The standard InChI is InChI=1S/C32H22N6O2/c1-19-25-26(21-11-4-2-5-12-21)27-30-34-29(24-17-16-20-10-8-9-15-23(20)28(24)39)36-37(30)18-33-31(27)40-32(25)38(35-19)22-13-6-3-7-14-22/h2-18,26,39H,1H3/t26-/m1/s1. The Morgan fingerprint density at radius 3 is 2.38 bits per heavy atom. The van der Waals surface area contributed by atoms with Crippen molar-refractivity contribution >= 4 is 16.4 Å². The van der Waals surface area contributed by atoms with E-state index in [-0.39, 0.29) is 11.7 Å². The molecule has 1 N–H and O–H groups in total. The van der Waals surface area contributed by atoms with Crippen molar-refractivity contribution in [2.45, 2.75) is 12.8 Å². The fourth-order valence-electron chi connectivity index (χ4n) is 5.65. The third-order valence-electron chi connectivity index (χ3n) is 7.50. The highest BCUT2D eigenvalue weighted by Gasteiger charge is 2.38. The molecule has 3 aromatic heterocycles. The molecule has 40 heavy (non-hydrogen) atoms. The molecule has 0 radical (unpaired) electrons. The van der Waals surface area contributed by atoms with Crippen molar-refractivity contribution < 1.29 is 9.84 Å². The van der Waals surface area contributed by atoms with Gasteiger partial charge in [-0.3, -0.25) is 0 Å². The second kappa shape index (κ2) is 8.51. The van der Waals surface area contributed by atoms with Crippen LogP contribution in [-0.2, 0) is 0 Å². The van der Waals surface area contributed by atoms with E-state index in [0.717, 1.165) is 38.8 Å². The first kappa shape index (κ1) is 22.5. The molecule has 0 saturated carbocycles. The van der Waals surface area contributed by atoms with Crippen LogP contribution in [-0.4, -0.2) is 34.5 Å². The molecule has 0 saturated heterocycles. The average Bonchev–Trinajstić information content (AvgIpc) is 3.58. The van der Waals surface area contributed by atoms with Gasteiger partial charge in [0, 0.05) is 5.39 Å². The molecule has 0 aliphatic carbocycles. The molecule has 8 rings (SSSR count). The van der Waals surface area contributed by atoms with Gasteiger partial charge in [-0.15, -0.1) is 5.10 Å². The van der Waals surface area contributed by atoms with E-state index in [0.29, 0.717) is 28.8 Å². The largest absolute Gasteiger partial charge is 0.507 e. The monoisotopic (exact) mass is 522 g/mol. The molecule has 0 bridgehead atoms. The number of ether oxygens (including phenoxy) is 1. The number of phenolic OH excluding ortho intramolecular Hbond substituents is 1. The molecule has 0 fully saturated rings. The summed E-state index contributed by atoms with van der Waals surface area (Å²) in [6.45, 7) is 2.00. The third-order valence-corrected chi connectivity index (χ3v) is 7.50. The van der Waals surface area contributed by atoms with E-state index in [4.69, 9.17) is 19.9 Å². The molecule has 0 amide bonds. The zero-order chi connectivity index (χ0) is 26.8. The van der Waals surface area contributed by atoms with Crippen molar-refractivity contribution in [3.63, 3.8) is 0 Å². The highest BCUT2D eigenvalue weighted by atomic mass is 16.5. The van der Waals surface area contributed by atoms with Gasteiger partial charge in [-0.05, 0) is 36.1 Å². The number of aryl methyl sites for hydroxylation is 1. The number of nitrogens with zero attached hydrogens (tertiary/aromatic N) is 6. The van der Waals surface area contributed by atoms with Crippen LogP contribution in [0.5, 0.6) is 17.5 Å². The average molecular weight is 523 g/mol. The van der Waals surface area contributed by atoms with Crippen molar-refractivity contribution in [1.82, 2.24) is 29.4 Å². The zero-order valence-corrected chi connectivity index (χ0v) is 21.4. The lowest BCUT2D eigenvalue weighted by atomic mass is 9.84. The van der Waals surface area contributed by atoms with Gasteiger partial charge in [-0.1, -0.05) is 78.9 Å². The van der Waals surface area contributed by atoms with Crippen LogP contribution in [0, 0.1) is 6.92 Å². The summed E-state index contributed by atoms with van der Waals surface area (Å²) in [4.78, 5) is 9.63. The quantitative estimate of drug-likeness (QED) is 0.288. The Hall–Kier alpha value is -5.50. The number of aromatic hydroxyl groups is 1. The summed E-state index contributed by atoms with van der Waals surface area (Å²) in [5.74, 6) is 1.40. The van der Waals surface area contributed by atoms with Crippen LogP contribution in [0.2, 0.25) is 0 Å². The Bertz CT molecular complexity index is 2060. The van der Waals surface area contributed by atoms with E-state index < -0.39 is 0 Å². The van der Waals surface area contributed by atoms with Gasteiger partial charge < -0.3 is 9.84 Å². The van der Waals surface area contributed by atoms with Crippen molar-refractivity contribution in [3.8, 4) is 34.6 Å². The zero-order valence-electron chi connectivity index (χ0n) is 21.4. The molecule has 8 heteroatoms. The van der Waals surface area contributed by atoms with Crippen LogP contribution in [0.15, 0.2) is 103 Å². The van der Waals surface area contributed by atoms with Crippen molar-refractivity contribution in [3.05, 3.63) is 126 Å². The molecule has 1 atom stereocenters. The van der Waals surface area contributed by atoms with Crippen LogP contribution >= 0.6 is 0 Å². The minimum atomic E-state index is -0.240. The Labute approximate surface area is 228 Å². The molecule has 4 aromatic carbocycles. The van der Waals surface area contributed by atoms with Crippen LogP contribution < -0.4 is 4.74 Å². The van der Waals surface area contributed by atoms with Crippen LogP contribution in [0.3, 0.4) is 0 Å². The highest BCUT2D eigenvalue weighted by molar-refractivity contribution is 5.93. The predicted molar refractivity (Wildman–Crippen MR) is 151 cm³/mol.